The molecule has 3 rings (SSSR count). The van der Waals surface area contributed by atoms with Crippen LogP contribution in [0.25, 0.3) is 0 Å². The molecule has 1 aliphatic heterocycles. The molecule has 0 saturated heterocycles. The maximum Gasteiger partial charge on any atom is 0.255 e. The highest BCUT2D eigenvalue weighted by atomic mass is 16.1. The van der Waals surface area contributed by atoms with E-state index in [2.05, 4.69) is 49.5 Å². The minimum Gasteiger partial charge on any atom is -0.379 e. The van der Waals surface area contributed by atoms with Gasteiger partial charge in [0.25, 0.3) is 5.91 Å². The van der Waals surface area contributed by atoms with Crippen LogP contribution >= 0.6 is 0 Å². The van der Waals surface area contributed by atoms with Crippen molar-refractivity contribution in [2.75, 3.05) is 13.6 Å². The van der Waals surface area contributed by atoms with Gasteiger partial charge in [0.15, 0.2) is 0 Å². The number of hydrogen-bond acceptors (Lipinski definition) is 3. The third-order valence-corrected chi connectivity index (χ3v) is 5.26. The highest BCUT2D eigenvalue weighted by Gasteiger charge is 2.32. The van der Waals surface area contributed by atoms with Crippen molar-refractivity contribution in [1.82, 2.24) is 10.2 Å². The predicted molar refractivity (Wildman–Crippen MR) is 108 cm³/mol. The lowest BCUT2D eigenvalue weighted by molar-refractivity contribution is 0.0965. The minimum atomic E-state index is -0.172. The van der Waals surface area contributed by atoms with Gasteiger partial charge < -0.3 is 10.2 Å². The molecule has 1 aromatic rings. The first kappa shape index (κ1) is 19.0. The SMILES string of the molecule is CC(C)c1ccc(C(=O)NC2=CC=C3C(=CN(C)CC3(C)C)C2)cc1C#N. The normalized spacial score (nSPS) is 18.1. The number of benzene rings is 1. The quantitative estimate of drug-likeness (QED) is 0.863. The Morgan fingerprint density at radius 3 is 2.70 bits per heavy atom. The molecule has 0 fully saturated rings. The lowest BCUT2D eigenvalue weighted by atomic mass is 9.74. The molecule has 1 aromatic carbocycles. The summed E-state index contributed by atoms with van der Waals surface area (Å²) in [6.07, 6.45) is 7.01. The number of rotatable bonds is 3. The first-order chi connectivity index (χ1) is 12.7. The molecular formula is C23H27N3O. The monoisotopic (exact) mass is 361 g/mol. The number of allylic oxidation sites excluding steroid dienone is 3. The second-order valence-electron chi connectivity index (χ2n) is 8.43. The molecule has 27 heavy (non-hydrogen) atoms. The van der Waals surface area contributed by atoms with E-state index in [-0.39, 0.29) is 17.2 Å². The lowest BCUT2D eigenvalue weighted by Crippen LogP contribution is -2.36. The summed E-state index contributed by atoms with van der Waals surface area (Å²) in [5.41, 5.74) is 5.62. The van der Waals surface area contributed by atoms with Crippen LogP contribution in [-0.2, 0) is 0 Å². The van der Waals surface area contributed by atoms with Gasteiger partial charge in [0.2, 0.25) is 0 Å². The van der Waals surface area contributed by atoms with Crippen molar-refractivity contribution >= 4 is 5.91 Å². The molecular weight excluding hydrogens is 334 g/mol. The van der Waals surface area contributed by atoms with E-state index < -0.39 is 0 Å². The number of nitriles is 1. The van der Waals surface area contributed by atoms with Crippen LogP contribution < -0.4 is 5.32 Å². The van der Waals surface area contributed by atoms with E-state index >= 15 is 0 Å². The summed E-state index contributed by atoms with van der Waals surface area (Å²) in [6.45, 7) is 9.57. The summed E-state index contributed by atoms with van der Waals surface area (Å²) in [4.78, 5) is 14.9. The molecule has 0 spiro atoms. The van der Waals surface area contributed by atoms with Crippen LogP contribution in [-0.4, -0.2) is 24.4 Å². The van der Waals surface area contributed by atoms with Gasteiger partial charge >= 0.3 is 0 Å². The molecule has 0 radical (unpaired) electrons. The van der Waals surface area contributed by atoms with Crippen molar-refractivity contribution in [2.45, 2.75) is 40.0 Å². The summed E-state index contributed by atoms with van der Waals surface area (Å²) in [6, 6.07) is 7.57. The maximum atomic E-state index is 12.7. The fourth-order valence-electron chi connectivity index (χ4n) is 4.05. The molecule has 0 atom stereocenters. The van der Waals surface area contributed by atoms with Crippen LogP contribution in [0.3, 0.4) is 0 Å². The maximum absolute atomic E-state index is 12.7. The standard InChI is InChI=1S/C23H27N3O/c1-15(2)20-8-6-16(10-17(20)12-24)22(27)25-19-7-9-21-18(11-19)13-26(5)14-23(21,3)4/h6-10,13,15H,11,14H2,1-5H3,(H,25,27). The van der Waals surface area contributed by atoms with Crippen molar-refractivity contribution in [3.05, 3.63) is 70.1 Å². The number of carbonyl (C=O) groups is 1. The molecule has 0 saturated carbocycles. The number of hydrogen-bond donors (Lipinski definition) is 1. The average Bonchev–Trinajstić information content (AvgIpc) is 2.59. The van der Waals surface area contributed by atoms with E-state index in [0.29, 0.717) is 17.5 Å². The fraction of sp³-hybridized carbons (Fsp3) is 0.391. The fourth-order valence-corrected chi connectivity index (χ4v) is 4.05. The van der Waals surface area contributed by atoms with Gasteiger partial charge in [-0.15, -0.1) is 0 Å². The first-order valence-electron chi connectivity index (χ1n) is 9.39. The van der Waals surface area contributed by atoms with Gasteiger partial charge in [-0.3, -0.25) is 4.79 Å². The predicted octanol–water partition coefficient (Wildman–Crippen LogP) is 4.48. The second kappa shape index (κ2) is 7.08. The Hall–Kier alpha value is -2.80. The molecule has 2 aliphatic rings. The highest BCUT2D eigenvalue weighted by molar-refractivity contribution is 5.96. The van der Waals surface area contributed by atoms with E-state index in [1.165, 1.54) is 11.1 Å². The Morgan fingerprint density at radius 2 is 2.04 bits per heavy atom. The van der Waals surface area contributed by atoms with Gasteiger partial charge in [-0.1, -0.05) is 39.8 Å². The minimum absolute atomic E-state index is 0.0965. The summed E-state index contributed by atoms with van der Waals surface area (Å²) < 4.78 is 0. The van der Waals surface area contributed by atoms with E-state index in [4.69, 9.17) is 0 Å². The van der Waals surface area contributed by atoms with Crippen LogP contribution in [0, 0.1) is 16.7 Å². The van der Waals surface area contributed by atoms with E-state index in [1.807, 2.05) is 26.0 Å². The summed E-state index contributed by atoms with van der Waals surface area (Å²) >= 11 is 0. The number of fused-ring (bicyclic) bond motifs is 1. The molecule has 0 aromatic heterocycles. The van der Waals surface area contributed by atoms with Crippen molar-refractivity contribution in [3.8, 4) is 6.07 Å². The van der Waals surface area contributed by atoms with Crippen LogP contribution in [0.1, 0.15) is 61.5 Å². The average molecular weight is 361 g/mol. The van der Waals surface area contributed by atoms with Crippen molar-refractivity contribution in [3.63, 3.8) is 0 Å². The van der Waals surface area contributed by atoms with Crippen molar-refractivity contribution in [2.24, 2.45) is 5.41 Å². The third-order valence-electron chi connectivity index (χ3n) is 5.26. The van der Waals surface area contributed by atoms with E-state index in [0.717, 1.165) is 17.8 Å². The van der Waals surface area contributed by atoms with Crippen LogP contribution in [0.2, 0.25) is 0 Å². The summed E-state index contributed by atoms with van der Waals surface area (Å²) in [7, 11) is 2.09. The lowest BCUT2D eigenvalue weighted by Gasteiger charge is -2.40. The van der Waals surface area contributed by atoms with Gasteiger partial charge in [-0.25, -0.2) is 0 Å². The third kappa shape index (κ3) is 3.83. The molecule has 1 N–H and O–H groups in total. The smallest absolute Gasteiger partial charge is 0.255 e. The van der Waals surface area contributed by atoms with Crippen LogP contribution in [0.5, 0.6) is 0 Å². The molecule has 0 bridgehead atoms. The first-order valence-corrected chi connectivity index (χ1v) is 9.39. The van der Waals surface area contributed by atoms with E-state index in [9.17, 15) is 10.1 Å². The van der Waals surface area contributed by atoms with Crippen LogP contribution in [0.15, 0.2) is 53.4 Å². The number of amides is 1. The Bertz CT molecular complexity index is 910. The topological polar surface area (TPSA) is 56.1 Å². The molecule has 1 amide bonds. The van der Waals surface area contributed by atoms with E-state index in [1.54, 1.807) is 12.1 Å². The Kier molecular flexibility index (Phi) is 4.97. The van der Waals surface area contributed by atoms with Gasteiger partial charge in [-0.2, -0.15) is 5.26 Å². The number of carbonyl (C=O) groups excluding carboxylic acids is 1. The van der Waals surface area contributed by atoms with Crippen molar-refractivity contribution in [1.29, 1.82) is 5.26 Å². The number of nitrogens with zero attached hydrogens (tertiary/aromatic N) is 2. The molecule has 1 aliphatic carbocycles. The Balaban J connectivity index is 1.82. The Morgan fingerprint density at radius 1 is 1.30 bits per heavy atom. The van der Waals surface area contributed by atoms with Crippen molar-refractivity contribution < 1.29 is 4.79 Å². The summed E-state index contributed by atoms with van der Waals surface area (Å²) in [5.74, 6) is 0.0777. The molecule has 4 nitrogen and oxygen atoms in total. The largest absolute Gasteiger partial charge is 0.379 e. The number of nitrogens with one attached hydrogen (secondary N) is 1. The zero-order chi connectivity index (χ0) is 19.8. The highest BCUT2D eigenvalue weighted by Crippen LogP contribution is 2.40. The molecule has 0 unspecified atom stereocenters. The molecule has 4 heteroatoms. The summed E-state index contributed by atoms with van der Waals surface area (Å²) in [5, 5.41) is 12.4. The second-order valence-corrected chi connectivity index (χ2v) is 8.43. The van der Waals surface area contributed by atoms with Gasteiger partial charge in [0.05, 0.1) is 11.6 Å². The zero-order valence-electron chi connectivity index (χ0n) is 16.8. The Labute approximate surface area is 161 Å². The van der Waals surface area contributed by atoms with Gasteiger partial charge in [-0.05, 0) is 40.8 Å². The molecule has 1 heterocycles. The van der Waals surface area contributed by atoms with Gasteiger partial charge in [0.1, 0.15) is 0 Å². The zero-order valence-corrected chi connectivity index (χ0v) is 16.8. The van der Waals surface area contributed by atoms with Crippen LogP contribution in [0.4, 0.5) is 0 Å². The van der Waals surface area contributed by atoms with Gasteiger partial charge in [0, 0.05) is 42.9 Å². The molecule has 140 valence electrons.